The number of sulfonamides is 1. The Labute approximate surface area is 167 Å². The molecule has 1 atom stereocenters. The van der Waals surface area contributed by atoms with Crippen LogP contribution in [0, 0.1) is 6.92 Å². The zero-order valence-corrected chi connectivity index (χ0v) is 16.8. The van der Waals surface area contributed by atoms with E-state index in [1.165, 1.54) is 12.1 Å². The van der Waals surface area contributed by atoms with E-state index in [9.17, 15) is 26.4 Å². The van der Waals surface area contributed by atoms with Gasteiger partial charge in [-0.3, -0.25) is 9.10 Å². The van der Waals surface area contributed by atoms with E-state index in [0.717, 1.165) is 28.3 Å². The predicted molar refractivity (Wildman–Crippen MR) is 104 cm³/mol. The van der Waals surface area contributed by atoms with Crippen LogP contribution in [0.3, 0.4) is 0 Å². The van der Waals surface area contributed by atoms with Crippen molar-refractivity contribution in [3.8, 4) is 5.75 Å². The molecule has 0 heterocycles. The number of amides is 1. The van der Waals surface area contributed by atoms with E-state index in [-0.39, 0.29) is 12.1 Å². The van der Waals surface area contributed by atoms with Gasteiger partial charge < -0.3 is 10.1 Å². The van der Waals surface area contributed by atoms with Crippen LogP contribution in [0.15, 0.2) is 48.5 Å². The average Bonchev–Trinajstić information content (AvgIpc) is 2.60. The number of anilines is 2. The second kappa shape index (κ2) is 8.73. The van der Waals surface area contributed by atoms with Gasteiger partial charge in [0.25, 0.3) is 0 Å². The van der Waals surface area contributed by atoms with E-state index in [1.54, 1.807) is 31.2 Å². The molecule has 1 N–H and O–H groups in total. The molecular weight excluding hydrogens is 409 g/mol. The molecule has 0 aliphatic carbocycles. The minimum Gasteiger partial charge on any atom is -0.406 e. The van der Waals surface area contributed by atoms with Crippen molar-refractivity contribution in [2.75, 3.05) is 15.9 Å². The summed E-state index contributed by atoms with van der Waals surface area (Å²) < 4.78 is 66.3. The quantitative estimate of drug-likeness (QED) is 0.718. The Bertz CT molecular complexity index is 943. The summed E-state index contributed by atoms with van der Waals surface area (Å²) in [7, 11) is -3.78. The summed E-state index contributed by atoms with van der Waals surface area (Å²) in [6.45, 7) is 3.52. The lowest BCUT2D eigenvalue weighted by Gasteiger charge is -2.30. The maximum absolute atomic E-state index is 12.8. The molecule has 1 amide bonds. The van der Waals surface area contributed by atoms with Gasteiger partial charge in [0.15, 0.2) is 0 Å². The van der Waals surface area contributed by atoms with Gasteiger partial charge in [-0.15, -0.1) is 13.2 Å². The second-order valence-corrected chi connectivity index (χ2v) is 8.24. The van der Waals surface area contributed by atoms with Crippen LogP contribution < -0.4 is 14.4 Å². The number of hydrogen-bond donors (Lipinski definition) is 1. The molecule has 0 unspecified atom stereocenters. The van der Waals surface area contributed by atoms with Gasteiger partial charge in [-0.2, -0.15) is 0 Å². The molecule has 0 saturated carbocycles. The Morgan fingerprint density at radius 3 is 2.10 bits per heavy atom. The summed E-state index contributed by atoms with van der Waals surface area (Å²) in [5.41, 5.74) is 1.48. The van der Waals surface area contributed by atoms with Crippen molar-refractivity contribution in [3.05, 3.63) is 54.1 Å². The monoisotopic (exact) mass is 430 g/mol. The molecule has 0 radical (unpaired) electrons. The first-order valence-electron chi connectivity index (χ1n) is 8.63. The van der Waals surface area contributed by atoms with E-state index < -0.39 is 34.1 Å². The summed E-state index contributed by atoms with van der Waals surface area (Å²) in [5, 5.41) is 2.53. The van der Waals surface area contributed by atoms with Gasteiger partial charge >= 0.3 is 6.36 Å². The largest absolute Gasteiger partial charge is 0.573 e. The smallest absolute Gasteiger partial charge is 0.406 e. The van der Waals surface area contributed by atoms with Crippen molar-refractivity contribution in [3.63, 3.8) is 0 Å². The van der Waals surface area contributed by atoms with Crippen molar-refractivity contribution in [1.29, 1.82) is 0 Å². The number of benzene rings is 2. The molecule has 0 saturated heterocycles. The molecule has 10 heteroatoms. The van der Waals surface area contributed by atoms with Crippen molar-refractivity contribution >= 4 is 27.3 Å². The second-order valence-electron chi connectivity index (χ2n) is 6.38. The lowest BCUT2D eigenvalue weighted by molar-refractivity contribution is -0.274. The zero-order valence-electron chi connectivity index (χ0n) is 16.0. The Kier molecular flexibility index (Phi) is 6.78. The minimum atomic E-state index is -4.82. The van der Waals surface area contributed by atoms with Gasteiger partial charge in [0.05, 0.1) is 11.9 Å². The fourth-order valence-corrected chi connectivity index (χ4v) is 3.93. The summed E-state index contributed by atoms with van der Waals surface area (Å²) in [6, 6.07) is 10.2. The molecule has 2 rings (SSSR count). The molecule has 0 aliphatic rings. The van der Waals surface area contributed by atoms with Crippen molar-refractivity contribution in [2.45, 2.75) is 32.7 Å². The number of aryl methyl sites for hydroxylation is 1. The van der Waals surface area contributed by atoms with Crippen molar-refractivity contribution < 1.29 is 31.1 Å². The SMILES string of the molecule is CC[C@@H](C(=O)Nc1ccc(OC(F)(F)F)cc1)N(c1ccc(C)cc1)S(C)(=O)=O. The number of nitrogens with zero attached hydrogens (tertiary/aromatic N) is 1. The Morgan fingerprint density at radius 1 is 1.10 bits per heavy atom. The third kappa shape index (κ3) is 6.38. The Morgan fingerprint density at radius 2 is 1.66 bits per heavy atom. The molecule has 0 fully saturated rings. The highest BCUT2D eigenvalue weighted by atomic mass is 32.2. The molecule has 0 aliphatic heterocycles. The van der Waals surface area contributed by atoms with Gasteiger partial charge in [0.1, 0.15) is 11.8 Å². The predicted octanol–water partition coefficient (Wildman–Crippen LogP) is 4.08. The average molecular weight is 430 g/mol. The maximum Gasteiger partial charge on any atom is 0.573 e. The van der Waals surface area contributed by atoms with Gasteiger partial charge in [-0.05, 0) is 49.7 Å². The highest BCUT2D eigenvalue weighted by Gasteiger charge is 2.32. The molecule has 6 nitrogen and oxygen atoms in total. The van der Waals surface area contributed by atoms with E-state index in [0.29, 0.717) is 5.69 Å². The van der Waals surface area contributed by atoms with Gasteiger partial charge in [-0.1, -0.05) is 24.6 Å². The molecular formula is C19H21F3N2O4S. The Hall–Kier alpha value is -2.75. The number of halogens is 3. The van der Waals surface area contributed by atoms with Crippen LogP contribution in [0.4, 0.5) is 24.5 Å². The number of alkyl halides is 3. The number of rotatable bonds is 7. The summed E-state index contributed by atoms with van der Waals surface area (Å²) in [5.74, 6) is -1.04. The highest BCUT2D eigenvalue weighted by molar-refractivity contribution is 7.92. The van der Waals surface area contributed by atoms with Gasteiger partial charge in [0, 0.05) is 5.69 Å². The minimum absolute atomic E-state index is 0.183. The first-order chi connectivity index (χ1) is 13.4. The molecule has 0 aromatic heterocycles. The van der Waals surface area contributed by atoms with Crippen LogP contribution in [-0.4, -0.2) is 33.0 Å². The standard InChI is InChI=1S/C19H21F3N2O4S/c1-4-17(24(29(3,26)27)15-9-5-13(2)6-10-15)18(25)23-14-7-11-16(12-8-14)28-19(20,21)22/h5-12,17H,4H2,1-3H3,(H,23,25)/t17-/m0/s1. The fraction of sp³-hybridized carbons (Fsp3) is 0.316. The molecule has 2 aromatic rings. The first-order valence-corrected chi connectivity index (χ1v) is 10.5. The van der Waals surface area contributed by atoms with Crippen LogP contribution in [0.5, 0.6) is 5.75 Å². The number of carbonyl (C=O) groups is 1. The highest BCUT2D eigenvalue weighted by Crippen LogP contribution is 2.26. The van der Waals surface area contributed by atoms with Crippen LogP contribution in [0.2, 0.25) is 0 Å². The summed E-state index contributed by atoms with van der Waals surface area (Å²) >= 11 is 0. The summed E-state index contributed by atoms with van der Waals surface area (Å²) in [6.07, 6.45) is -3.63. The van der Waals surface area contributed by atoms with Crippen LogP contribution in [0.1, 0.15) is 18.9 Å². The fourth-order valence-electron chi connectivity index (χ4n) is 2.72. The lowest BCUT2D eigenvalue weighted by Crippen LogP contribution is -2.47. The van der Waals surface area contributed by atoms with Crippen LogP contribution in [0.25, 0.3) is 0 Å². The number of hydrogen-bond acceptors (Lipinski definition) is 4. The van der Waals surface area contributed by atoms with Crippen molar-refractivity contribution in [2.24, 2.45) is 0 Å². The zero-order chi connectivity index (χ0) is 21.8. The van der Waals surface area contributed by atoms with E-state index in [4.69, 9.17) is 0 Å². The molecule has 158 valence electrons. The number of nitrogens with one attached hydrogen (secondary N) is 1. The van der Waals surface area contributed by atoms with E-state index in [2.05, 4.69) is 10.1 Å². The first kappa shape index (κ1) is 22.5. The normalized spacial score (nSPS) is 12.9. The maximum atomic E-state index is 12.8. The summed E-state index contributed by atoms with van der Waals surface area (Å²) in [4.78, 5) is 12.8. The molecule has 0 bridgehead atoms. The van der Waals surface area contributed by atoms with Crippen LogP contribution in [-0.2, 0) is 14.8 Å². The number of carbonyl (C=O) groups excluding carboxylic acids is 1. The van der Waals surface area contributed by atoms with E-state index >= 15 is 0 Å². The third-order valence-corrected chi connectivity index (χ3v) is 5.15. The van der Waals surface area contributed by atoms with Gasteiger partial charge in [-0.25, -0.2) is 8.42 Å². The van der Waals surface area contributed by atoms with Crippen LogP contribution >= 0.6 is 0 Å². The molecule has 2 aromatic carbocycles. The van der Waals surface area contributed by atoms with E-state index in [1.807, 2.05) is 6.92 Å². The Balaban J connectivity index is 2.24. The lowest BCUT2D eigenvalue weighted by atomic mass is 10.1. The molecule has 29 heavy (non-hydrogen) atoms. The van der Waals surface area contributed by atoms with Gasteiger partial charge in [0.2, 0.25) is 15.9 Å². The molecule has 0 spiro atoms. The van der Waals surface area contributed by atoms with Crippen molar-refractivity contribution in [1.82, 2.24) is 0 Å². The topological polar surface area (TPSA) is 75.7 Å². The third-order valence-electron chi connectivity index (χ3n) is 3.97. The number of ether oxygens (including phenoxy) is 1.